The summed E-state index contributed by atoms with van der Waals surface area (Å²) in [5, 5.41) is 2.85. The van der Waals surface area contributed by atoms with Crippen LogP contribution in [0.2, 0.25) is 0 Å². The molecule has 25 heavy (non-hydrogen) atoms. The topological polar surface area (TPSA) is 50.5 Å². The standard InChI is InChI=1S/C21H21NO3/c1-22(15-8-3-2-4-9-15)20(23)18-13-17-16-10-6-5-7-14(16)11-12-19(17)25-21(18)24/h5-7,10-13,15H,2-4,8-9H2,1H3. The van der Waals surface area contributed by atoms with Gasteiger partial charge in [0.15, 0.2) is 0 Å². The van der Waals surface area contributed by atoms with E-state index in [-0.39, 0.29) is 17.5 Å². The van der Waals surface area contributed by atoms with Crippen molar-refractivity contribution < 1.29 is 9.21 Å². The Kier molecular flexibility index (Phi) is 4.04. The van der Waals surface area contributed by atoms with Crippen LogP contribution >= 0.6 is 0 Å². The van der Waals surface area contributed by atoms with E-state index in [9.17, 15) is 9.59 Å². The zero-order valence-corrected chi connectivity index (χ0v) is 14.3. The van der Waals surface area contributed by atoms with E-state index in [0.29, 0.717) is 5.58 Å². The van der Waals surface area contributed by atoms with Crippen molar-refractivity contribution in [2.45, 2.75) is 38.1 Å². The Labute approximate surface area is 146 Å². The first-order chi connectivity index (χ1) is 12.1. The lowest BCUT2D eigenvalue weighted by molar-refractivity contribution is 0.0692. The Morgan fingerprint density at radius 3 is 2.60 bits per heavy atom. The summed E-state index contributed by atoms with van der Waals surface area (Å²) in [6.45, 7) is 0. The molecule has 1 aromatic heterocycles. The van der Waals surface area contributed by atoms with Gasteiger partial charge >= 0.3 is 5.63 Å². The smallest absolute Gasteiger partial charge is 0.349 e. The second kappa shape index (κ2) is 6.36. The zero-order valence-electron chi connectivity index (χ0n) is 14.3. The number of rotatable bonds is 2. The van der Waals surface area contributed by atoms with E-state index in [1.807, 2.05) is 30.3 Å². The summed E-state index contributed by atoms with van der Waals surface area (Å²) in [7, 11) is 1.80. The highest BCUT2D eigenvalue weighted by atomic mass is 16.4. The van der Waals surface area contributed by atoms with Crippen molar-refractivity contribution in [2.75, 3.05) is 7.05 Å². The minimum Gasteiger partial charge on any atom is -0.422 e. The van der Waals surface area contributed by atoms with Gasteiger partial charge in [0.05, 0.1) is 0 Å². The van der Waals surface area contributed by atoms with Gasteiger partial charge in [0.25, 0.3) is 5.91 Å². The van der Waals surface area contributed by atoms with E-state index in [1.165, 1.54) is 6.42 Å². The van der Waals surface area contributed by atoms with Crippen LogP contribution in [0.1, 0.15) is 42.5 Å². The van der Waals surface area contributed by atoms with Crippen LogP contribution in [0.3, 0.4) is 0 Å². The van der Waals surface area contributed by atoms with Crippen molar-refractivity contribution in [2.24, 2.45) is 0 Å². The molecule has 1 saturated carbocycles. The summed E-state index contributed by atoms with van der Waals surface area (Å²) in [6.07, 6.45) is 5.51. The van der Waals surface area contributed by atoms with Crippen LogP contribution in [0.25, 0.3) is 21.7 Å². The molecule has 0 unspecified atom stereocenters. The van der Waals surface area contributed by atoms with Gasteiger partial charge in [-0.1, -0.05) is 49.6 Å². The highest BCUT2D eigenvalue weighted by Gasteiger charge is 2.25. The fourth-order valence-corrected chi connectivity index (χ4v) is 3.84. The molecule has 0 spiro atoms. The van der Waals surface area contributed by atoms with Gasteiger partial charge in [0, 0.05) is 18.5 Å². The molecule has 1 fully saturated rings. The molecule has 4 nitrogen and oxygen atoms in total. The van der Waals surface area contributed by atoms with Crippen molar-refractivity contribution in [3.8, 4) is 0 Å². The van der Waals surface area contributed by atoms with E-state index in [4.69, 9.17) is 4.42 Å². The number of carbonyl (C=O) groups excluding carboxylic acids is 1. The van der Waals surface area contributed by atoms with E-state index in [2.05, 4.69) is 0 Å². The monoisotopic (exact) mass is 335 g/mol. The molecule has 1 heterocycles. The van der Waals surface area contributed by atoms with Crippen LogP contribution in [0, 0.1) is 0 Å². The molecule has 4 heteroatoms. The summed E-state index contributed by atoms with van der Waals surface area (Å²) >= 11 is 0. The summed E-state index contributed by atoms with van der Waals surface area (Å²) in [4.78, 5) is 27.0. The fraction of sp³-hybridized carbons (Fsp3) is 0.333. The first-order valence-corrected chi connectivity index (χ1v) is 8.88. The number of nitrogens with zero attached hydrogens (tertiary/aromatic N) is 1. The maximum atomic E-state index is 12.9. The minimum absolute atomic E-state index is 0.122. The van der Waals surface area contributed by atoms with Gasteiger partial charge in [-0.05, 0) is 35.7 Å². The fourth-order valence-electron chi connectivity index (χ4n) is 3.84. The summed E-state index contributed by atoms with van der Waals surface area (Å²) in [5.41, 5.74) is 0.0768. The van der Waals surface area contributed by atoms with Crippen molar-refractivity contribution >= 4 is 27.6 Å². The zero-order chi connectivity index (χ0) is 17.4. The van der Waals surface area contributed by atoms with Crippen LogP contribution in [0.15, 0.2) is 51.7 Å². The molecular weight excluding hydrogens is 314 g/mol. The van der Waals surface area contributed by atoms with Crippen LogP contribution in [0.4, 0.5) is 0 Å². The van der Waals surface area contributed by atoms with Gasteiger partial charge in [0.1, 0.15) is 11.1 Å². The first-order valence-electron chi connectivity index (χ1n) is 8.88. The number of carbonyl (C=O) groups is 1. The molecule has 0 N–H and O–H groups in total. The molecule has 4 rings (SSSR count). The van der Waals surface area contributed by atoms with Crippen LogP contribution in [-0.2, 0) is 0 Å². The third-order valence-corrected chi connectivity index (χ3v) is 5.32. The maximum absolute atomic E-state index is 12.9. The molecule has 0 bridgehead atoms. The predicted molar refractivity (Wildman–Crippen MR) is 99.0 cm³/mol. The Balaban J connectivity index is 1.80. The second-order valence-corrected chi connectivity index (χ2v) is 6.85. The van der Waals surface area contributed by atoms with Crippen molar-refractivity contribution in [3.63, 3.8) is 0 Å². The molecule has 0 radical (unpaired) electrons. The molecule has 0 saturated heterocycles. The van der Waals surface area contributed by atoms with Gasteiger partial charge in [-0.2, -0.15) is 0 Å². The highest BCUT2D eigenvalue weighted by Crippen LogP contribution is 2.26. The van der Waals surface area contributed by atoms with Gasteiger partial charge in [-0.3, -0.25) is 4.79 Å². The predicted octanol–water partition coefficient (Wildman–Crippen LogP) is 4.35. The van der Waals surface area contributed by atoms with Gasteiger partial charge < -0.3 is 9.32 Å². The first kappa shape index (κ1) is 15.9. The lowest BCUT2D eigenvalue weighted by atomic mass is 9.94. The highest BCUT2D eigenvalue weighted by molar-refractivity contribution is 6.07. The van der Waals surface area contributed by atoms with Gasteiger partial charge in [-0.25, -0.2) is 4.79 Å². The van der Waals surface area contributed by atoms with E-state index >= 15 is 0 Å². The summed E-state index contributed by atoms with van der Waals surface area (Å²) in [5.74, 6) is -0.240. The Hall–Kier alpha value is -2.62. The van der Waals surface area contributed by atoms with Gasteiger partial charge in [-0.15, -0.1) is 0 Å². The SMILES string of the molecule is CN(C(=O)c1cc2c(ccc3ccccc32)oc1=O)C1CCCCC1. The molecule has 3 aromatic rings. The van der Waals surface area contributed by atoms with E-state index in [1.54, 1.807) is 24.1 Å². The van der Waals surface area contributed by atoms with Crippen LogP contribution in [-0.4, -0.2) is 23.9 Å². The number of hydrogen-bond donors (Lipinski definition) is 0. The molecule has 128 valence electrons. The second-order valence-electron chi connectivity index (χ2n) is 6.85. The van der Waals surface area contributed by atoms with E-state index in [0.717, 1.165) is 41.8 Å². The number of fused-ring (bicyclic) bond motifs is 3. The quantitative estimate of drug-likeness (QED) is 0.517. The molecule has 0 atom stereocenters. The summed E-state index contributed by atoms with van der Waals surface area (Å²) < 4.78 is 5.46. The normalized spacial score (nSPS) is 15.6. The third-order valence-electron chi connectivity index (χ3n) is 5.32. The van der Waals surface area contributed by atoms with Crippen molar-refractivity contribution in [1.82, 2.24) is 4.90 Å². The Morgan fingerprint density at radius 1 is 1.04 bits per heavy atom. The molecule has 1 amide bonds. The third kappa shape index (κ3) is 2.82. The largest absolute Gasteiger partial charge is 0.422 e. The lowest BCUT2D eigenvalue weighted by Crippen LogP contribution is -2.40. The maximum Gasteiger partial charge on any atom is 0.349 e. The van der Waals surface area contributed by atoms with Crippen LogP contribution < -0.4 is 5.63 Å². The number of hydrogen-bond acceptors (Lipinski definition) is 3. The lowest BCUT2D eigenvalue weighted by Gasteiger charge is -2.31. The summed E-state index contributed by atoms with van der Waals surface area (Å²) in [6, 6.07) is 13.5. The number of amides is 1. The van der Waals surface area contributed by atoms with Crippen molar-refractivity contribution in [3.05, 3.63) is 58.4 Å². The average molecular weight is 335 g/mol. The Morgan fingerprint density at radius 2 is 1.80 bits per heavy atom. The van der Waals surface area contributed by atoms with Gasteiger partial charge in [0.2, 0.25) is 0 Å². The molecule has 2 aromatic carbocycles. The Bertz CT molecular complexity index is 999. The van der Waals surface area contributed by atoms with Crippen LogP contribution in [0.5, 0.6) is 0 Å². The van der Waals surface area contributed by atoms with Crippen molar-refractivity contribution in [1.29, 1.82) is 0 Å². The molecular formula is C21H21NO3. The number of benzene rings is 2. The molecule has 1 aliphatic rings. The molecule has 1 aliphatic carbocycles. The minimum atomic E-state index is -0.560. The molecule has 0 aliphatic heterocycles. The average Bonchev–Trinajstić information content (AvgIpc) is 2.67. The van der Waals surface area contributed by atoms with E-state index < -0.39 is 5.63 Å².